The number of aromatic nitrogens is 2. The normalized spacial score (nSPS) is 20.6. The largest absolute Gasteiger partial charge is 0.467 e. The summed E-state index contributed by atoms with van der Waals surface area (Å²) in [5.41, 5.74) is 3.09. The van der Waals surface area contributed by atoms with Gasteiger partial charge in [-0.15, -0.1) is 0 Å². The van der Waals surface area contributed by atoms with E-state index >= 15 is 0 Å². The number of nitrogens with zero attached hydrogens (tertiary/aromatic N) is 4. The van der Waals surface area contributed by atoms with E-state index in [1.807, 2.05) is 23.9 Å². The summed E-state index contributed by atoms with van der Waals surface area (Å²) in [4.78, 5) is 17.6. The number of amides is 1. The lowest BCUT2D eigenvalue weighted by atomic mass is 9.90. The van der Waals surface area contributed by atoms with Crippen LogP contribution < -0.4 is 0 Å². The summed E-state index contributed by atoms with van der Waals surface area (Å²) in [5, 5.41) is 4.74. The van der Waals surface area contributed by atoms with Crippen LogP contribution in [0.15, 0.2) is 22.8 Å². The van der Waals surface area contributed by atoms with E-state index in [1.165, 1.54) is 56.5 Å². The number of carbonyl (C=O) groups excluding carboxylic acids is 1. The third-order valence-electron chi connectivity index (χ3n) is 6.30. The number of hydrogen-bond acceptors (Lipinski definition) is 4. The van der Waals surface area contributed by atoms with E-state index in [1.54, 1.807) is 11.2 Å². The second-order valence-electron chi connectivity index (χ2n) is 8.18. The molecule has 0 radical (unpaired) electrons. The third kappa shape index (κ3) is 3.88. The zero-order valence-corrected chi connectivity index (χ0v) is 17.2. The van der Waals surface area contributed by atoms with Gasteiger partial charge in [-0.1, -0.05) is 12.8 Å². The summed E-state index contributed by atoms with van der Waals surface area (Å²) in [6.45, 7) is 5.78. The third-order valence-corrected chi connectivity index (χ3v) is 6.30. The maximum atomic E-state index is 13.2. The predicted molar refractivity (Wildman–Crippen MR) is 108 cm³/mol. The average molecular weight is 385 g/mol. The van der Waals surface area contributed by atoms with E-state index in [0.717, 1.165) is 25.1 Å². The number of rotatable bonds is 5. The number of aryl methyl sites for hydroxylation is 1. The molecule has 0 spiro atoms. The van der Waals surface area contributed by atoms with Crippen LogP contribution >= 0.6 is 0 Å². The molecule has 0 aromatic carbocycles. The fourth-order valence-corrected chi connectivity index (χ4v) is 4.76. The van der Waals surface area contributed by atoms with Crippen LogP contribution in [0.25, 0.3) is 0 Å². The molecule has 1 fully saturated rings. The lowest BCUT2D eigenvalue weighted by Gasteiger charge is -2.34. The lowest BCUT2D eigenvalue weighted by Crippen LogP contribution is -2.40. The molecule has 1 amide bonds. The zero-order chi connectivity index (χ0) is 19.5. The summed E-state index contributed by atoms with van der Waals surface area (Å²) in [6, 6.07) is 4.30. The molecule has 28 heavy (non-hydrogen) atoms. The molecule has 0 saturated carbocycles. The Morgan fingerprint density at radius 3 is 2.75 bits per heavy atom. The lowest BCUT2D eigenvalue weighted by molar-refractivity contribution is 0.0766. The molecule has 152 valence electrons. The van der Waals surface area contributed by atoms with E-state index in [2.05, 4.69) is 11.8 Å². The second-order valence-corrected chi connectivity index (χ2v) is 8.18. The van der Waals surface area contributed by atoms with Crippen molar-refractivity contribution in [2.75, 3.05) is 20.1 Å². The molecule has 4 rings (SSSR count). The van der Waals surface area contributed by atoms with Crippen LogP contribution in [0.2, 0.25) is 0 Å². The highest BCUT2D eigenvalue weighted by Crippen LogP contribution is 2.29. The van der Waals surface area contributed by atoms with Gasteiger partial charge in [0.2, 0.25) is 0 Å². The molecular formula is C22H32N4O2. The van der Waals surface area contributed by atoms with Crippen molar-refractivity contribution in [3.05, 3.63) is 41.1 Å². The maximum absolute atomic E-state index is 13.2. The van der Waals surface area contributed by atoms with E-state index in [-0.39, 0.29) is 5.91 Å². The highest BCUT2D eigenvalue weighted by molar-refractivity contribution is 5.94. The Kier molecular flexibility index (Phi) is 5.85. The van der Waals surface area contributed by atoms with Crippen LogP contribution in [0.4, 0.5) is 0 Å². The Morgan fingerprint density at radius 1 is 1.29 bits per heavy atom. The van der Waals surface area contributed by atoms with E-state index < -0.39 is 0 Å². The van der Waals surface area contributed by atoms with E-state index in [4.69, 9.17) is 9.52 Å². The summed E-state index contributed by atoms with van der Waals surface area (Å²) in [5.74, 6) is 0.790. The molecular weight excluding hydrogens is 352 g/mol. The van der Waals surface area contributed by atoms with Gasteiger partial charge in [-0.2, -0.15) is 5.10 Å². The molecule has 1 aliphatic heterocycles. The molecule has 1 atom stereocenters. The first-order valence-corrected chi connectivity index (χ1v) is 10.8. The number of hydrogen-bond donors (Lipinski definition) is 0. The van der Waals surface area contributed by atoms with Gasteiger partial charge in [0.1, 0.15) is 5.76 Å². The molecule has 2 aromatic heterocycles. The predicted octanol–water partition coefficient (Wildman–Crippen LogP) is 3.50. The van der Waals surface area contributed by atoms with Crippen molar-refractivity contribution in [2.24, 2.45) is 0 Å². The summed E-state index contributed by atoms with van der Waals surface area (Å²) < 4.78 is 7.45. The Bertz CT molecular complexity index is 788. The molecule has 6 nitrogen and oxygen atoms in total. The van der Waals surface area contributed by atoms with Crippen molar-refractivity contribution < 1.29 is 9.21 Å². The molecule has 2 aromatic rings. The first-order chi connectivity index (χ1) is 13.7. The number of furan rings is 1. The Morgan fingerprint density at radius 2 is 2.07 bits per heavy atom. The minimum atomic E-state index is -0.00336. The van der Waals surface area contributed by atoms with Crippen molar-refractivity contribution in [1.82, 2.24) is 19.6 Å². The van der Waals surface area contributed by atoms with E-state index in [9.17, 15) is 4.79 Å². The molecule has 2 aliphatic rings. The molecule has 6 heteroatoms. The Balaban J connectivity index is 1.55. The van der Waals surface area contributed by atoms with Gasteiger partial charge in [-0.3, -0.25) is 9.48 Å². The Hall–Kier alpha value is -2.08. The van der Waals surface area contributed by atoms with Crippen LogP contribution in [0.1, 0.15) is 66.5 Å². The minimum Gasteiger partial charge on any atom is -0.467 e. The van der Waals surface area contributed by atoms with Gasteiger partial charge >= 0.3 is 0 Å². The number of carbonyl (C=O) groups is 1. The molecule has 0 bridgehead atoms. The van der Waals surface area contributed by atoms with Crippen molar-refractivity contribution in [3.63, 3.8) is 0 Å². The highest BCUT2D eigenvalue weighted by atomic mass is 16.3. The topological polar surface area (TPSA) is 54.5 Å². The second kappa shape index (κ2) is 8.52. The van der Waals surface area contributed by atoms with Crippen LogP contribution in [-0.2, 0) is 25.9 Å². The molecule has 0 N–H and O–H groups in total. The van der Waals surface area contributed by atoms with Crippen LogP contribution in [0, 0.1) is 0 Å². The van der Waals surface area contributed by atoms with Gasteiger partial charge in [0.15, 0.2) is 5.69 Å². The smallest absolute Gasteiger partial charge is 0.274 e. The van der Waals surface area contributed by atoms with E-state index in [0.29, 0.717) is 18.3 Å². The molecule has 1 aliphatic carbocycles. The van der Waals surface area contributed by atoms with Gasteiger partial charge in [0.25, 0.3) is 5.91 Å². The summed E-state index contributed by atoms with van der Waals surface area (Å²) in [6.07, 6.45) is 10.1. The van der Waals surface area contributed by atoms with Crippen molar-refractivity contribution in [3.8, 4) is 0 Å². The SMILES string of the molecule is CCn1nc(C(=O)N(C)Cc2ccco2)c2c1CCC(N1CCCCCC1)C2. The summed E-state index contributed by atoms with van der Waals surface area (Å²) in [7, 11) is 1.83. The van der Waals surface area contributed by atoms with Gasteiger partial charge in [-0.25, -0.2) is 0 Å². The van der Waals surface area contributed by atoms with Gasteiger partial charge in [0, 0.05) is 30.9 Å². The Labute approximate surface area is 167 Å². The summed E-state index contributed by atoms with van der Waals surface area (Å²) >= 11 is 0. The number of fused-ring (bicyclic) bond motifs is 1. The van der Waals surface area contributed by atoms with Gasteiger partial charge in [0.05, 0.1) is 12.8 Å². The fourth-order valence-electron chi connectivity index (χ4n) is 4.76. The molecule has 3 heterocycles. The molecule has 1 unspecified atom stereocenters. The standard InChI is InChI=1S/C22H32N4O2/c1-3-26-20-11-10-17(25-12-6-4-5-7-13-25)15-19(20)21(23-26)22(27)24(2)16-18-9-8-14-28-18/h8-9,14,17H,3-7,10-13,15-16H2,1-2H3. The van der Waals surface area contributed by atoms with Crippen molar-refractivity contribution in [2.45, 2.75) is 71.0 Å². The van der Waals surface area contributed by atoms with Crippen LogP contribution in [0.5, 0.6) is 0 Å². The monoisotopic (exact) mass is 384 g/mol. The molecule has 1 saturated heterocycles. The van der Waals surface area contributed by atoms with Crippen molar-refractivity contribution >= 4 is 5.91 Å². The first kappa shape index (κ1) is 19.2. The highest BCUT2D eigenvalue weighted by Gasteiger charge is 2.32. The average Bonchev–Trinajstić information content (AvgIpc) is 3.26. The van der Waals surface area contributed by atoms with Gasteiger partial charge in [-0.05, 0) is 64.3 Å². The van der Waals surface area contributed by atoms with Crippen molar-refractivity contribution in [1.29, 1.82) is 0 Å². The minimum absolute atomic E-state index is 0.00336. The zero-order valence-electron chi connectivity index (χ0n) is 17.2. The maximum Gasteiger partial charge on any atom is 0.274 e. The number of likely N-dealkylation sites (tertiary alicyclic amines) is 1. The van der Waals surface area contributed by atoms with Crippen LogP contribution in [0.3, 0.4) is 0 Å². The first-order valence-electron chi connectivity index (χ1n) is 10.8. The van der Waals surface area contributed by atoms with Gasteiger partial charge < -0.3 is 14.2 Å². The van der Waals surface area contributed by atoms with Crippen LogP contribution in [-0.4, -0.2) is 51.7 Å². The quantitative estimate of drug-likeness (QED) is 0.792. The fraction of sp³-hybridized carbons (Fsp3) is 0.636.